The van der Waals surface area contributed by atoms with Crippen LogP contribution in [0.15, 0.2) is 6.07 Å². The minimum atomic E-state index is 0.112. The molecule has 0 radical (unpaired) electrons. The third kappa shape index (κ3) is 3.31. The quantitative estimate of drug-likeness (QED) is 0.901. The van der Waals surface area contributed by atoms with Crippen molar-refractivity contribution in [3.8, 4) is 0 Å². The number of nitrogens with one attached hydrogen (secondary N) is 1. The van der Waals surface area contributed by atoms with Crippen LogP contribution in [0.3, 0.4) is 0 Å². The number of rotatable bonds is 5. The van der Waals surface area contributed by atoms with Crippen molar-refractivity contribution in [1.82, 2.24) is 15.1 Å². The Labute approximate surface area is 130 Å². The molecule has 0 spiro atoms. The fourth-order valence-electron chi connectivity index (χ4n) is 3.38. The van der Waals surface area contributed by atoms with E-state index in [2.05, 4.69) is 10.4 Å². The molecular formula is C16H24N4O2. The molecule has 1 fully saturated rings. The van der Waals surface area contributed by atoms with Crippen molar-refractivity contribution in [2.75, 3.05) is 11.4 Å². The van der Waals surface area contributed by atoms with Gasteiger partial charge in [-0.25, -0.2) is 4.68 Å². The van der Waals surface area contributed by atoms with Gasteiger partial charge in [-0.3, -0.25) is 14.5 Å². The summed E-state index contributed by atoms with van der Waals surface area (Å²) < 4.78 is 1.88. The van der Waals surface area contributed by atoms with Crippen LogP contribution in [0.2, 0.25) is 0 Å². The number of anilines is 1. The number of nitrogens with zero attached hydrogens (tertiary/aromatic N) is 3. The first-order valence-electron chi connectivity index (χ1n) is 8.27. The first kappa shape index (κ1) is 15.1. The van der Waals surface area contributed by atoms with Crippen molar-refractivity contribution in [1.29, 1.82) is 0 Å². The molecule has 22 heavy (non-hydrogen) atoms. The fourth-order valence-corrected chi connectivity index (χ4v) is 3.38. The van der Waals surface area contributed by atoms with E-state index in [-0.39, 0.29) is 11.8 Å². The predicted molar refractivity (Wildman–Crippen MR) is 83.6 cm³/mol. The zero-order valence-corrected chi connectivity index (χ0v) is 13.2. The molecule has 0 unspecified atom stereocenters. The molecule has 120 valence electrons. The second kappa shape index (κ2) is 6.50. The Morgan fingerprint density at radius 1 is 1.41 bits per heavy atom. The van der Waals surface area contributed by atoms with E-state index < -0.39 is 0 Å². The molecule has 0 saturated heterocycles. The Balaban J connectivity index is 1.50. The highest BCUT2D eigenvalue weighted by molar-refractivity contribution is 5.93. The lowest BCUT2D eigenvalue weighted by atomic mass is 10.2. The molecule has 1 saturated carbocycles. The van der Waals surface area contributed by atoms with Crippen molar-refractivity contribution >= 4 is 17.6 Å². The molecule has 6 heteroatoms. The molecule has 6 nitrogen and oxygen atoms in total. The number of aromatic nitrogens is 2. The van der Waals surface area contributed by atoms with Gasteiger partial charge in [0.15, 0.2) is 0 Å². The highest BCUT2D eigenvalue weighted by Gasteiger charge is 2.25. The summed E-state index contributed by atoms with van der Waals surface area (Å²) in [7, 11) is 0. The van der Waals surface area contributed by atoms with Crippen LogP contribution in [-0.2, 0) is 16.1 Å². The number of fused-ring (bicyclic) bond motifs is 1. The molecule has 1 aliphatic heterocycles. The molecule has 0 bridgehead atoms. The lowest BCUT2D eigenvalue weighted by Gasteiger charge is -2.27. The van der Waals surface area contributed by atoms with Crippen molar-refractivity contribution in [2.24, 2.45) is 0 Å². The summed E-state index contributed by atoms with van der Waals surface area (Å²) >= 11 is 0. The summed E-state index contributed by atoms with van der Waals surface area (Å²) in [5.74, 6) is 1.11. The predicted octanol–water partition coefficient (Wildman–Crippen LogP) is 1.77. The van der Waals surface area contributed by atoms with Gasteiger partial charge in [0.1, 0.15) is 5.82 Å². The van der Waals surface area contributed by atoms with Crippen LogP contribution in [0.5, 0.6) is 0 Å². The molecule has 3 rings (SSSR count). The molecule has 1 aromatic rings. The van der Waals surface area contributed by atoms with Crippen LogP contribution in [0.25, 0.3) is 0 Å². The van der Waals surface area contributed by atoms with E-state index in [9.17, 15) is 9.59 Å². The van der Waals surface area contributed by atoms with Gasteiger partial charge in [0.25, 0.3) is 0 Å². The van der Waals surface area contributed by atoms with Crippen LogP contribution in [0, 0.1) is 6.92 Å². The Kier molecular flexibility index (Phi) is 4.45. The van der Waals surface area contributed by atoms with E-state index in [4.69, 9.17) is 0 Å². The van der Waals surface area contributed by atoms with Gasteiger partial charge in [0, 0.05) is 31.5 Å². The van der Waals surface area contributed by atoms with Crippen LogP contribution < -0.4 is 10.2 Å². The zero-order valence-electron chi connectivity index (χ0n) is 13.2. The summed E-state index contributed by atoms with van der Waals surface area (Å²) in [5, 5.41) is 7.48. The number of aryl methyl sites for hydroxylation is 2. The standard InChI is InChI=1S/C16H24N4O2/c1-12-11-15-19(16(22)8-10-20(15)18-12)9-4-7-14(21)17-13-5-2-3-6-13/h11,13H,2-10H2,1H3,(H,17,21). The number of carbonyl (C=O) groups is 2. The average Bonchev–Trinajstić information content (AvgIpc) is 3.10. The number of amides is 2. The maximum atomic E-state index is 12.1. The molecule has 1 N–H and O–H groups in total. The van der Waals surface area contributed by atoms with Gasteiger partial charge < -0.3 is 5.32 Å². The summed E-state index contributed by atoms with van der Waals surface area (Å²) in [4.78, 5) is 25.8. The zero-order chi connectivity index (χ0) is 15.5. The minimum Gasteiger partial charge on any atom is -0.353 e. The molecule has 0 atom stereocenters. The minimum absolute atomic E-state index is 0.112. The van der Waals surface area contributed by atoms with Gasteiger partial charge in [-0.1, -0.05) is 12.8 Å². The highest BCUT2D eigenvalue weighted by atomic mass is 16.2. The summed E-state index contributed by atoms with van der Waals surface area (Å²) in [6.45, 7) is 3.17. The molecule has 2 aliphatic rings. The average molecular weight is 304 g/mol. The Morgan fingerprint density at radius 2 is 2.18 bits per heavy atom. The van der Waals surface area contributed by atoms with E-state index >= 15 is 0 Å². The SMILES string of the molecule is Cc1cc2n(n1)CCC(=O)N2CCCC(=O)NC1CCCC1. The Morgan fingerprint density at radius 3 is 2.95 bits per heavy atom. The van der Waals surface area contributed by atoms with Crippen molar-refractivity contribution < 1.29 is 9.59 Å². The van der Waals surface area contributed by atoms with E-state index in [0.29, 0.717) is 38.4 Å². The first-order valence-corrected chi connectivity index (χ1v) is 8.27. The van der Waals surface area contributed by atoms with Crippen LogP contribution in [-0.4, -0.2) is 34.2 Å². The maximum absolute atomic E-state index is 12.1. The number of hydrogen-bond donors (Lipinski definition) is 1. The van der Waals surface area contributed by atoms with Gasteiger partial charge in [-0.2, -0.15) is 5.10 Å². The van der Waals surface area contributed by atoms with Gasteiger partial charge in [0.05, 0.1) is 12.2 Å². The molecular weight excluding hydrogens is 280 g/mol. The number of hydrogen-bond acceptors (Lipinski definition) is 3. The molecule has 1 aromatic heterocycles. The van der Waals surface area contributed by atoms with Crippen molar-refractivity contribution in [3.05, 3.63) is 11.8 Å². The van der Waals surface area contributed by atoms with Crippen LogP contribution in [0.1, 0.15) is 50.6 Å². The van der Waals surface area contributed by atoms with Crippen LogP contribution in [0.4, 0.5) is 5.82 Å². The van der Waals surface area contributed by atoms with Gasteiger partial charge in [-0.15, -0.1) is 0 Å². The Bertz CT molecular complexity index is 560. The van der Waals surface area contributed by atoms with E-state index in [1.807, 2.05) is 17.7 Å². The lowest BCUT2D eigenvalue weighted by Crippen LogP contribution is -2.39. The monoisotopic (exact) mass is 304 g/mol. The van der Waals surface area contributed by atoms with Gasteiger partial charge in [-0.05, 0) is 26.2 Å². The highest BCUT2D eigenvalue weighted by Crippen LogP contribution is 2.23. The van der Waals surface area contributed by atoms with E-state index in [1.165, 1.54) is 12.8 Å². The molecule has 2 amide bonds. The second-order valence-corrected chi connectivity index (χ2v) is 6.31. The Hall–Kier alpha value is -1.85. The van der Waals surface area contributed by atoms with Gasteiger partial charge >= 0.3 is 0 Å². The third-order valence-electron chi connectivity index (χ3n) is 4.50. The van der Waals surface area contributed by atoms with Crippen LogP contribution >= 0.6 is 0 Å². The molecule has 0 aromatic carbocycles. The summed E-state index contributed by atoms with van der Waals surface area (Å²) in [6.07, 6.45) is 6.31. The first-order chi connectivity index (χ1) is 10.6. The van der Waals surface area contributed by atoms with E-state index in [1.54, 1.807) is 4.90 Å². The van der Waals surface area contributed by atoms with Crippen molar-refractivity contribution in [3.63, 3.8) is 0 Å². The molecule has 1 aliphatic carbocycles. The van der Waals surface area contributed by atoms with Gasteiger partial charge in [0.2, 0.25) is 11.8 Å². The smallest absolute Gasteiger partial charge is 0.229 e. The topological polar surface area (TPSA) is 67.2 Å². The largest absolute Gasteiger partial charge is 0.353 e. The normalized spacial score (nSPS) is 18.6. The summed E-state index contributed by atoms with van der Waals surface area (Å²) in [5.41, 5.74) is 0.925. The fraction of sp³-hybridized carbons (Fsp3) is 0.688. The second-order valence-electron chi connectivity index (χ2n) is 6.31. The maximum Gasteiger partial charge on any atom is 0.229 e. The van der Waals surface area contributed by atoms with E-state index in [0.717, 1.165) is 24.4 Å². The lowest BCUT2D eigenvalue weighted by molar-refractivity contribution is -0.122. The summed E-state index contributed by atoms with van der Waals surface area (Å²) in [6, 6.07) is 2.31. The van der Waals surface area contributed by atoms with Crippen molar-refractivity contribution in [2.45, 2.75) is 64.5 Å². The molecule has 2 heterocycles. The third-order valence-corrected chi connectivity index (χ3v) is 4.50. The number of carbonyl (C=O) groups excluding carboxylic acids is 2.